The Kier molecular flexibility index (Phi) is 5.46. The van der Waals surface area contributed by atoms with E-state index < -0.39 is 5.91 Å². The lowest BCUT2D eigenvalue weighted by molar-refractivity contribution is -0.131. The second-order valence-electron chi connectivity index (χ2n) is 6.98. The highest BCUT2D eigenvalue weighted by Crippen LogP contribution is 2.26. The van der Waals surface area contributed by atoms with Crippen molar-refractivity contribution in [1.29, 1.82) is 0 Å². The summed E-state index contributed by atoms with van der Waals surface area (Å²) in [5.74, 6) is 0.0247. The third-order valence-corrected chi connectivity index (χ3v) is 4.93. The lowest BCUT2D eigenvalue weighted by Gasteiger charge is -2.21. The molecule has 2 aromatic carbocycles. The van der Waals surface area contributed by atoms with Crippen molar-refractivity contribution >= 4 is 11.8 Å². The maximum Gasteiger partial charge on any atom is 0.274 e. The van der Waals surface area contributed by atoms with Gasteiger partial charge >= 0.3 is 0 Å². The van der Waals surface area contributed by atoms with Gasteiger partial charge in [-0.3, -0.25) is 14.8 Å². The molecule has 6 nitrogen and oxygen atoms in total. The number of hydrogen-bond acceptors (Lipinski definition) is 4. The smallest absolute Gasteiger partial charge is 0.274 e. The molecule has 2 amide bonds. The van der Waals surface area contributed by atoms with Crippen molar-refractivity contribution in [3.05, 3.63) is 63.7 Å². The quantitative estimate of drug-likeness (QED) is 0.645. The number of fused-ring (bicyclic) bond motifs is 1. The Morgan fingerprint density at radius 2 is 1.85 bits per heavy atom. The van der Waals surface area contributed by atoms with Crippen LogP contribution in [0.2, 0.25) is 0 Å². The number of aryl methyl sites for hydroxylation is 3. The van der Waals surface area contributed by atoms with Crippen LogP contribution in [0.3, 0.4) is 0 Å². The van der Waals surface area contributed by atoms with E-state index in [2.05, 4.69) is 19.1 Å². The average Bonchev–Trinajstić information content (AvgIpc) is 2.85. The summed E-state index contributed by atoms with van der Waals surface area (Å²) >= 11 is 0. The molecule has 0 radical (unpaired) electrons. The zero-order chi connectivity index (χ0) is 19.6. The predicted molar refractivity (Wildman–Crippen MR) is 101 cm³/mol. The van der Waals surface area contributed by atoms with Crippen LogP contribution in [-0.2, 0) is 17.8 Å². The van der Waals surface area contributed by atoms with E-state index in [4.69, 9.17) is 9.94 Å². The van der Waals surface area contributed by atoms with Crippen molar-refractivity contribution in [1.82, 2.24) is 10.4 Å². The summed E-state index contributed by atoms with van der Waals surface area (Å²) < 4.78 is 5.72. The number of nitrogens with one attached hydrogen (secondary N) is 1. The molecule has 0 atom stereocenters. The van der Waals surface area contributed by atoms with Crippen LogP contribution in [0, 0.1) is 20.8 Å². The molecule has 1 aliphatic heterocycles. The van der Waals surface area contributed by atoms with Crippen molar-refractivity contribution in [3.8, 4) is 5.75 Å². The zero-order valence-electron chi connectivity index (χ0n) is 15.8. The fourth-order valence-corrected chi connectivity index (χ4v) is 3.54. The number of carbonyl (C=O) groups excluding carboxylic acids is 2. The summed E-state index contributed by atoms with van der Waals surface area (Å²) in [6.45, 7) is 7.40. The Balaban J connectivity index is 1.79. The molecule has 2 aromatic rings. The van der Waals surface area contributed by atoms with Crippen LogP contribution in [0.1, 0.15) is 38.2 Å². The van der Waals surface area contributed by atoms with Crippen LogP contribution in [0.25, 0.3) is 0 Å². The monoisotopic (exact) mass is 368 g/mol. The fourth-order valence-electron chi connectivity index (χ4n) is 3.54. The first-order valence-electron chi connectivity index (χ1n) is 8.93. The van der Waals surface area contributed by atoms with E-state index in [1.807, 2.05) is 13.8 Å². The van der Waals surface area contributed by atoms with Gasteiger partial charge in [0.15, 0.2) is 0 Å². The molecule has 1 heterocycles. The number of ether oxygens (including phenoxy) is 1. The highest BCUT2D eigenvalue weighted by atomic mass is 16.5. The first kappa shape index (κ1) is 18.9. The maximum atomic E-state index is 12.9. The molecular weight excluding hydrogens is 344 g/mol. The molecule has 0 saturated carbocycles. The molecule has 0 spiro atoms. The number of benzene rings is 2. The Labute approximate surface area is 158 Å². The third kappa shape index (κ3) is 4.11. The Morgan fingerprint density at radius 3 is 2.52 bits per heavy atom. The Bertz CT molecular complexity index is 869. The molecule has 1 aliphatic rings. The van der Waals surface area contributed by atoms with Crippen molar-refractivity contribution in [2.75, 3.05) is 13.2 Å². The Morgan fingerprint density at radius 1 is 1.15 bits per heavy atom. The molecule has 0 aliphatic carbocycles. The van der Waals surface area contributed by atoms with Gasteiger partial charge in [-0.15, -0.1) is 0 Å². The first-order chi connectivity index (χ1) is 12.9. The van der Waals surface area contributed by atoms with Crippen LogP contribution in [-0.4, -0.2) is 35.1 Å². The molecule has 0 bridgehead atoms. The molecular formula is C21H24N2O4. The third-order valence-electron chi connectivity index (χ3n) is 4.93. The minimum atomic E-state index is -0.594. The molecule has 3 rings (SSSR count). The summed E-state index contributed by atoms with van der Waals surface area (Å²) in [7, 11) is 0. The lowest BCUT2D eigenvalue weighted by atomic mass is 9.97. The van der Waals surface area contributed by atoms with Gasteiger partial charge in [0.1, 0.15) is 12.4 Å². The minimum Gasteiger partial charge on any atom is -0.491 e. The summed E-state index contributed by atoms with van der Waals surface area (Å²) in [5, 5.41) is 8.77. The van der Waals surface area contributed by atoms with E-state index >= 15 is 0 Å². The van der Waals surface area contributed by atoms with Gasteiger partial charge in [-0.1, -0.05) is 23.8 Å². The molecule has 142 valence electrons. The van der Waals surface area contributed by atoms with Gasteiger partial charge in [0, 0.05) is 17.7 Å². The molecule has 0 unspecified atom stereocenters. The summed E-state index contributed by atoms with van der Waals surface area (Å²) in [5.41, 5.74) is 7.29. The van der Waals surface area contributed by atoms with Crippen molar-refractivity contribution in [2.45, 2.75) is 33.7 Å². The van der Waals surface area contributed by atoms with Gasteiger partial charge in [-0.25, -0.2) is 5.48 Å². The van der Waals surface area contributed by atoms with Crippen LogP contribution in [0.15, 0.2) is 30.3 Å². The molecule has 0 aromatic heterocycles. The van der Waals surface area contributed by atoms with Crippen molar-refractivity contribution in [3.63, 3.8) is 0 Å². The fraction of sp³-hybridized carbons (Fsp3) is 0.333. The van der Waals surface area contributed by atoms with E-state index in [1.54, 1.807) is 28.6 Å². The van der Waals surface area contributed by atoms with Gasteiger partial charge in [-0.2, -0.15) is 0 Å². The molecule has 27 heavy (non-hydrogen) atoms. The number of amides is 2. The topological polar surface area (TPSA) is 78.9 Å². The standard InChI is InChI=1S/C21H24N2O4/c1-13-8-14(2)18(15(3)9-13)11-20(24)23-6-7-27-19-10-16(21(25)22-26)4-5-17(19)12-23/h4-5,8-10,26H,6-7,11-12H2,1-3H3,(H,22,25). The number of rotatable bonds is 3. The van der Waals surface area contributed by atoms with E-state index in [-0.39, 0.29) is 5.91 Å². The van der Waals surface area contributed by atoms with E-state index in [0.717, 1.165) is 22.3 Å². The first-order valence-corrected chi connectivity index (χ1v) is 8.93. The second-order valence-corrected chi connectivity index (χ2v) is 6.98. The van der Waals surface area contributed by atoms with E-state index in [1.165, 1.54) is 5.56 Å². The molecule has 0 fully saturated rings. The van der Waals surface area contributed by atoms with E-state index in [0.29, 0.717) is 37.4 Å². The normalized spacial score (nSPS) is 13.4. The van der Waals surface area contributed by atoms with E-state index in [9.17, 15) is 9.59 Å². The molecule has 2 N–H and O–H groups in total. The summed E-state index contributed by atoms with van der Waals surface area (Å²) in [4.78, 5) is 26.3. The number of nitrogens with zero attached hydrogens (tertiary/aromatic N) is 1. The van der Waals surface area contributed by atoms with Gasteiger partial charge < -0.3 is 9.64 Å². The lowest BCUT2D eigenvalue weighted by Crippen LogP contribution is -2.34. The number of carbonyl (C=O) groups is 2. The summed E-state index contributed by atoms with van der Waals surface area (Å²) in [6, 6.07) is 9.15. The predicted octanol–water partition coefficient (Wildman–Crippen LogP) is 2.69. The summed E-state index contributed by atoms with van der Waals surface area (Å²) in [6.07, 6.45) is 0.359. The zero-order valence-corrected chi connectivity index (χ0v) is 15.8. The largest absolute Gasteiger partial charge is 0.491 e. The maximum absolute atomic E-state index is 12.9. The highest BCUT2D eigenvalue weighted by molar-refractivity contribution is 5.93. The van der Waals surface area contributed by atoms with Gasteiger partial charge in [0.05, 0.1) is 13.0 Å². The highest BCUT2D eigenvalue weighted by Gasteiger charge is 2.22. The van der Waals surface area contributed by atoms with Crippen molar-refractivity contribution in [2.24, 2.45) is 0 Å². The van der Waals surface area contributed by atoms with Crippen LogP contribution in [0.5, 0.6) is 5.75 Å². The second kappa shape index (κ2) is 7.80. The number of hydroxylamine groups is 1. The molecule has 0 saturated heterocycles. The van der Waals surface area contributed by atoms with Gasteiger partial charge in [0.2, 0.25) is 5.91 Å². The minimum absolute atomic E-state index is 0.0543. The van der Waals surface area contributed by atoms with Crippen LogP contribution < -0.4 is 10.2 Å². The van der Waals surface area contributed by atoms with Crippen LogP contribution >= 0.6 is 0 Å². The SMILES string of the molecule is Cc1cc(C)c(CC(=O)N2CCOc3cc(C(=O)NO)ccc3C2)c(C)c1. The number of hydrogen-bond donors (Lipinski definition) is 2. The Hall–Kier alpha value is -2.86. The average molecular weight is 368 g/mol. The molecule has 6 heteroatoms. The van der Waals surface area contributed by atoms with Crippen LogP contribution in [0.4, 0.5) is 0 Å². The van der Waals surface area contributed by atoms with Crippen molar-refractivity contribution < 1.29 is 19.5 Å². The van der Waals surface area contributed by atoms with Gasteiger partial charge in [-0.05, 0) is 49.6 Å². The van der Waals surface area contributed by atoms with Gasteiger partial charge in [0.25, 0.3) is 5.91 Å².